The molecule has 0 aliphatic carbocycles. The van der Waals surface area contributed by atoms with Crippen LogP contribution in [0.5, 0.6) is 0 Å². The minimum atomic E-state index is -0.851. The van der Waals surface area contributed by atoms with Gasteiger partial charge in [0.15, 0.2) is 5.13 Å². The molecule has 88 valence electrons. The number of carboxylic acids is 1. The van der Waals surface area contributed by atoms with Crippen molar-refractivity contribution in [2.24, 2.45) is 0 Å². The molecule has 6 heteroatoms. The van der Waals surface area contributed by atoms with E-state index in [0.29, 0.717) is 5.69 Å². The summed E-state index contributed by atoms with van der Waals surface area (Å²) < 4.78 is 5.47. The number of thiazole rings is 1. The highest BCUT2D eigenvalue weighted by molar-refractivity contribution is 7.13. The molecule has 2 N–H and O–H groups in total. The second-order valence-corrected chi connectivity index (χ2v) is 4.59. The minimum absolute atomic E-state index is 0.0158. The number of nitrogens with zero attached hydrogens (tertiary/aromatic N) is 1. The van der Waals surface area contributed by atoms with E-state index >= 15 is 0 Å². The van der Waals surface area contributed by atoms with E-state index in [2.05, 4.69) is 10.3 Å². The Labute approximate surface area is 97.5 Å². The highest BCUT2D eigenvalue weighted by atomic mass is 32.1. The Balaban J connectivity index is 1.80. The van der Waals surface area contributed by atoms with E-state index in [9.17, 15) is 4.79 Å². The first-order valence-electron chi connectivity index (χ1n) is 5.25. The summed E-state index contributed by atoms with van der Waals surface area (Å²) in [5.41, 5.74) is 0.604. The van der Waals surface area contributed by atoms with Gasteiger partial charge in [-0.2, -0.15) is 0 Å². The Kier molecular flexibility index (Phi) is 3.74. The molecule has 16 heavy (non-hydrogen) atoms. The Hall–Kier alpha value is -1.14. The number of ether oxygens (including phenoxy) is 1. The van der Waals surface area contributed by atoms with Crippen LogP contribution >= 0.6 is 11.3 Å². The van der Waals surface area contributed by atoms with Crippen LogP contribution in [-0.4, -0.2) is 35.3 Å². The zero-order valence-electron chi connectivity index (χ0n) is 8.81. The van der Waals surface area contributed by atoms with Gasteiger partial charge in [-0.15, -0.1) is 11.3 Å². The van der Waals surface area contributed by atoms with Crippen molar-refractivity contribution in [3.8, 4) is 0 Å². The Morgan fingerprint density at radius 2 is 2.62 bits per heavy atom. The van der Waals surface area contributed by atoms with Crippen molar-refractivity contribution in [3.63, 3.8) is 0 Å². The lowest BCUT2D eigenvalue weighted by Gasteiger charge is -2.08. The molecule has 1 aliphatic rings. The van der Waals surface area contributed by atoms with Crippen molar-refractivity contribution >= 4 is 22.4 Å². The van der Waals surface area contributed by atoms with Crippen molar-refractivity contribution in [2.45, 2.75) is 25.4 Å². The lowest BCUT2D eigenvalue weighted by molar-refractivity contribution is -0.136. The molecule has 0 bridgehead atoms. The first-order valence-corrected chi connectivity index (χ1v) is 6.13. The summed E-state index contributed by atoms with van der Waals surface area (Å²) >= 11 is 1.43. The van der Waals surface area contributed by atoms with Gasteiger partial charge in [-0.3, -0.25) is 4.79 Å². The summed E-state index contributed by atoms with van der Waals surface area (Å²) in [7, 11) is 0. The van der Waals surface area contributed by atoms with E-state index in [1.165, 1.54) is 11.3 Å². The summed E-state index contributed by atoms with van der Waals surface area (Å²) in [5, 5.41) is 14.3. The zero-order valence-corrected chi connectivity index (χ0v) is 9.63. The topological polar surface area (TPSA) is 71.5 Å². The van der Waals surface area contributed by atoms with Crippen LogP contribution in [0.25, 0.3) is 0 Å². The van der Waals surface area contributed by atoms with Gasteiger partial charge in [0.2, 0.25) is 0 Å². The van der Waals surface area contributed by atoms with Gasteiger partial charge >= 0.3 is 5.97 Å². The van der Waals surface area contributed by atoms with Gasteiger partial charge in [0, 0.05) is 18.5 Å². The monoisotopic (exact) mass is 242 g/mol. The molecular weight excluding hydrogens is 228 g/mol. The quantitative estimate of drug-likeness (QED) is 0.815. The van der Waals surface area contributed by atoms with E-state index in [1.807, 2.05) is 0 Å². The first kappa shape index (κ1) is 11.3. The molecule has 5 nitrogen and oxygen atoms in total. The van der Waals surface area contributed by atoms with Crippen LogP contribution in [0.4, 0.5) is 5.13 Å². The molecule has 0 amide bonds. The molecule has 2 heterocycles. The average Bonchev–Trinajstić information content (AvgIpc) is 2.84. The molecule has 1 saturated heterocycles. The molecule has 0 radical (unpaired) electrons. The minimum Gasteiger partial charge on any atom is -0.481 e. The molecule has 0 aromatic carbocycles. The highest BCUT2D eigenvalue weighted by Crippen LogP contribution is 2.18. The molecular formula is C10H14N2O3S. The Morgan fingerprint density at radius 1 is 1.75 bits per heavy atom. The molecule has 0 saturated carbocycles. The first-order chi connectivity index (χ1) is 7.74. The summed E-state index contributed by atoms with van der Waals surface area (Å²) in [4.78, 5) is 14.7. The third-order valence-electron chi connectivity index (χ3n) is 2.39. The summed E-state index contributed by atoms with van der Waals surface area (Å²) in [6.07, 6.45) is 2.46. The van der Waals surface area contributed by atoms with E-state index in [0.717, 1.165) is 31.1 Å². The summed E-state index contributed by atoms with van der Waals surface area (Å²) in [5.74, 6) is -0.851. The third-order valence-corrected chi connectivity index (χ3v) is 3.24. The molecule has 1 aromatic heterocycles. The molecule has 1 atom stereocenters. The smallest absolute Gasteiger partial charge is 0.309 e. The van der Waals surface area contributed by atoms with Gasteiger partial charge in [-0.1, -0.05) is 0 Å². The fourth-order valence-corrected chi connectivity index (χ4v) is 2.35. The number of carboxylic acid groups (broad SMARTS) is 1. The predicted octanol–water partition coefficient (Wildman–Crippen LogP) is 1.36. The molecule has 1 fully saturated rings. The second kappa shape index (κ2) is 5.27. The maximum absolute atomic E-state index is 10.5. The number of hydrogen-bond acceptors (Lipinski definition) is 5. The van der Waals surface area contributed by atoms with Crippen molar-refractivity contribution in [2.75, 3.05) is 18.5 Å². The van der Waals surface area contributed by atoms with E-state index in [1.54, 1.807) is 5.38 Å². The van der Waals surface area contributed by atoms with Gasteiger partial charge in [0.1, 0.15) is 0 Å². The number of nitrogens with one attached hydrogen (secondary N) is 1. The average molecular weight is 242 g/mol. The van der Waals surface area contributed by atoms with Crippen molar-refractivity contribution in [1.82, 2.24) is 4.98 Å². The standard InChI is InChI=1S/C10H14N2O3S/c13-9(14)4-7-6-16-10(12-7)11-5-8-2-1-3-15-8/h6,8H,1-5H2,(H,11,12)(H,13,14)/t8-/m0/s1. The second-order valence-electron chi connectivity index (χ2n) is 3.73. The number of rotatable bonds is 5. The van der Waals surface area contributed by atoms with Gasteiger partial charge < -0.3 is 15.2 Å². The molecule has 1 aromatic rings. The molecule has 2 rings (SSSR count). The summed E-state index contributed by atoms with van der Waals surface area (Å²) in [6.45, 7) is 1.59. The van der Waals surface area contributed by atoms with Crippen LogP contribution in [0.2, 0.25) is 0 Å². The van der Waals surface area contributed by atoms with Crippen LogP contribution in [0.1, 0.15) is 18.5 Å². The number of aromatic nitrogens is 1. The van der Waals surface area contributed by atoms with Gasteiger partial charge in [0.25, 0.3) is 0 Å². The van der Waals surface area contributed by atoms with Crippen LogP contribution in [-0.2, 0) is 16.0 Å². The van der Waals surface area contributed by atoms with Gasteiger partial charge in [0.05, 0.1) is 18.2 Å². The largest absolute Gasteiger partial charge is 0.481 e. The summed E-state index contributed by atoms with van der Waals surface area (Å²) in [6, 6.07) is 0. The normalized spacial score (nSPS) is 19.9. The lowest BCUT2D eigenvalue weighted by atomic mass is 10.2. The van der Waals surface area contributed by atoms with E-state index < -0.39 is 5.97 Å². The van der Waals surface area contributed by atoms with Crippen molar-refractivity contribution < 1.29 is 14.6 Å². The fourth-order valence-electron chi connectivity index (χ4n) is 1.63. The number of anilines is 1. The van der Waals surface area contributed by atoms with Crippen LogP contribution in [0.3, 0.4) is 0 Å². The van der Waals surface area contributed by atoms with Gasteiger partial charge in [-0.25, -0.2) is 4.98 Å². The Bertz CT molecular complexity index is 361. The predicted molar refractivity (Wildman–Crippen MR) is 60.9 cm³/mol. The maximum atomic E-state index is 10.5. The fraction of sp³-hybridized carbons (Fsp3) is 0.600. The Morgan fingerprint density at radius 3 is 3.31 bits per heavy atom. The van der Waals surface area contributed by atoms with E-state index in [4.69, 9.17) is 9.84 Å². The highest BCUT2D eigenvalue weighted by Gasteiger charge is 2.15. The molecule has 1 aliphatic heterocycles. The maximum Gasteiger partial charge on any atom is 0.309 e. The van der Waals surface area contributed by atoms with Crippen molar-refractivity contribution in [3.05, 3.63) is 11.1 Å². The SMILES string of the molecule is O=C(O)Cc1csc(NC[C@@H]2CCCO2)n1. The molecule has 0 unspecified atom stereocenters. The van der Waals surface area contributed by atoms with Crippen molar-refractivity contribution in [1.29, 1.82) is 0 Å². The number of hydrogen-bond donors (Lipinski definition) is 2. The van der Waals surface area contributed by atoms with Crippen LogP contribution in [0, 0.1) is 0 Å². The number of carbonyl (C=O) groups is 1. The van der Waals surface area contributed by atoms with E-state index in [-0.39, 0.29) is 12.5 Å². The van der Waals surface area contributed by atoms with Crippen LogP contribution < -0.4 is 5.32 Å². The lowest BCUT2D eigenvalue weighted by Crippen LogP contribution is -2.18. The third kappa shape index (κ3) is 3.18. The zero-order chi connectivity index (χ0) is 11.4. The number of aliphatic carboxylic acids is 1. The molecule has 0 spiro atoms. The van der Waals surface area contributed by atoms with Crippen LogP contribution in [0.15, 0.2) is 5.38 Å². The van der Waals surface area contributed by atoms with Gasteiger partial charge in [-0.05, 0) is 12.8 Å².